The number of carboxylic acid groups (broad SMARTS) is 1. The molecule has 0 aromatic carbocycles. The maximum Gasteiger partial charge on any atom is 0.305 e. The predicted molar refractivity (Wildman–Crippen MR) is 68.9 cm³/mol. The van der Waals surface area contributed by atoms with E-state index in [9.17, 15) is 4.79 Å². The first-order chi connectivity index (χ1) is 9.74. The second kappa shape index (κ2) is 5.36. The Hall–Kier alpha value is -2.31. The lowest BCUT2D eigenvalue weighted by Crippen LogP contribution is -2.19. The molecule has 1 unspecified atom stereocenters. The van der Waals surface area contributed by atoms with Crippen LogP contribution >= 0.6 is 0 Å². The van der Waals surface area contributed by atoms with E-state index in [4.69, 9.17) is 5.11 Å². The lowest BCUT2D eigenvalue weighted by Gasteiger charge is -2.15. The summed E-state index contributed by atoms with van der Waals surface area (Å²) >= 11 is 0. The van der Waals surface area contributed by atoms with E-state index in [2.05, 4.69) is 20.5 Å². The quantitative estimate of drug-likeness (QED) is 0.846. The summed E-state index contributed by atoms with van der Waals surface area (Å²) in [6.07, 6.45) is 6.19. The van der Waals surface area contributed by atoms with Gasteiger partial charge in [-0.25, -0.2) is 4.68 Å². The van der Waals surface area contributed by atoms with Crippen LogP contribution in [-0.2, 0) is 11.2 Å². The van der Waals surface area contributed by atoms with Crippen LogP contribution in [0.1, 0.15) is 36.7 Å². The molecule has 1 atom stereocenters. The minimum atomic E-state index is -0.815. The van der Waals surface area contributed by atoms with E-state index in [0.29, 0.717) is 18.2 Å². The third kappa shape index (κ3) is 2.81. The van der Waals surface area contributed by atoms with Crippen molar-refractivity contribution in [2.45, 2.75) is 31.7 Å². The molecule has 1 aliphatic rings. The largest absolute Gasteiger partial charge is 0.481 e. The van der Waals surface area contributed by atoms with Crippen molar-refractivity contribution < 1.29 is 9.90 Å². The fourth-order valence-electron chi connectivity index (χ4n) is 2.38. The van der Waals surface area contributed by atoms with Crippen LogP contribution < -0.4 is 0 Å². The third-order valence-corrected chi connectivity index (χ3v) is 3.51. The van der Waals surface area contributed by atoms with Gasteiger partial charge >= 0.3 is 5.97 Å². The molecule has 1 fully saturated rings. The van der Waals surface area contributed by atoms with Gasteiger partial charge in [-0.1, -0.05) is 6.07 Å². The Labute approximate surface area is 115 Å². The topological polar surface area (TPSA) is 93.8 Å². The number of carboxylic acids is 1. The molecule has 2 aromatic heterocycles. The van der Waals surface area contributed by atoms with Crippen molar-refractivity contribution in [3.8, 4) is 0 Å². The minimum absolute atomic E-state index is 0.0652. The molecule has 2 heterocycles. The number of carbonyl (C=O) groups is 1. The molecule has 3 rings (SSSR count). The lowest BCUT2D eigenvalue weighted by molar-refractivity contribution is -0.138. The molecule has 20 heavy (non-hydrogen) atoms. The fourth-order valence-corrected chi connectivity index (χ4v) is 2.38. The summed E-state index contributed by atoms with van der Waals surface area (Å²) in [5.41, 5.74) is 1.01. The smallest absolute Gasteiger partial charge is 0.305 e. The maximum absolute atomic E-state index is 11.0. The van der Waals surface area contributed by atoms with Gasteiger partial charge < -0.3 is 5.11 Å². The zero-order valence-electron chi connectivity index (χ0n) is 10.9. The molecule has 0 radical (unpaired) electrons. The van der Waals surface area contributed by atoms with Gasteiger partial charge in [0.1, 0.15) is 0 Å². The summed E-state index contributed by atoms with van der Waals surface area (Å²) in [4.78, 5) is 15.1. The van der Waals surface area contributed by atoms with Crippen LogP contribution in [0.4, 0.5) is 0 Å². The first-order valence-electron chi connectivity index (χ1n) is 6.61. The van der Waals surface area contributed by atoms with Crippen LogP contribution in [0, 0.1) is 5.92 Å². The van der Waals surface area contributed by atoms with Gasteiger partial charge in [-0.3, -0.25) is 9.78 Å². The molecule has 0 saturated heterocycles. The Morgan fingerprint density at radius 2 is 2.35 bits per heavy atom. The van der Waals surface area contributed by atoms with Crippen LogP contribution in [0.15, 0.2) is 24.5 Å². The molecular weight excluding hydrogens is 258 g/mol. The first-order valence-corrected chi connectivity index (χ1v) is 6.61. The molecule has 7 heteroatoms. The zero-order chi connectivity index (χ0) is 13.9. The molecule has 0 aliphatic heterocycles. The number of aromatic nitrogens is 5. The summed E-state index contributed by atoms with van der Waals surface area (Å²) < 4.78 is 1.68. The fraction of sp³-hybridized carbons (Fsp3) is 0.462. The highest BCUT2D eigenvalue weighted by molar-refractivity contribution is 5.67. The number of hydrogen-bond acceptors (Lipinski definition) is 5. The molecule has 1 aliphatic carbocycles. The number of tetrazole rings is 1. The van der Waals surface area contributed by atoms with E-state index < -0.39 is 5.97 Å². The molecule has 1 saturated carbocycles. The number of rotatable bonds is 6. The van der Waals surface area contributed by atoms with E-state index in [1.807, 2.05) is 12.1 Å². The molecule has 0 amide bonds. The van der Waals surface area contributed by atoms with Gasteiger partial charge in [0, 0.05) is 18.8 Å². The van der Waals surface area contributed by atoms with Gasteiger partial charge in [0.25, 0.3) is 0 Å². The average Bonchev–Trinajstić information content (AvgIpc) is 3.18. The van der Waals surface area contributed by atoms with Crippen LogP contribution in [0.3, 0.4) is 0 Å². The molecule has 1 N–H and O–H groups in total. The highest BCUT2D eigenvalue weighted by Crippen LogP contribution is 2.41. The molecule has 104 valence electrons. The zero-order valence-corrected chi connectivity index (χ0v) is 10.9. The molecule has 0 bridgehead atoms. The molecule has 2 aromatic rings. The summed E-state index contributed by atoms with van der Waals surface area (Å²) in [7, 11) is 0. The predicted octanol–water partition coefficient (Wildman–Crippen LogP) is 1.08. The van der Waals surface area contributed by atoms with Crippen LogP contribution in [0.5, 0.6) is 0 Å². The van der Waals surface area contributed by atoms with Gasteiger partial charge in [0.2, 0.25) is 0 Å². The van der Waals surface area contributed by atoms with E-state index in [-0.39, 0.29) is 12.5 Å². The van der Waals surface area contributed by atoms with Crippen LogP contribution in [0.2, 0.25) is 0 Å². The number of aliphatic carboxylic acids is 1. The molecule has 7 nitrogen and oxygen atoms in total. The number of pyridine rings is 1. The van der Waals surface area contributed by atoms with E-state index in [1.54, 1.807) is 17.1 Å². The summed E-state index contributed by atoms with van der Waals surface area (Å²) in [5, 5.41) is 20.8. The SMILES string of the molecule is O=C(O)CC(C1CC1)n1nnnc1Cc1cccnc1. The third-order valence-electron chi connectivity index (χ3n) is 3.51. The van der Waals surface area contributed by atoms with Crippen molar-refractivity contribution >= 4 is 5.97 Å². The molecular formula is C13H15N5O2. The van der Waals surface area contributed by atoms with Crippen molar-refractivity contribution in [2.24, 2.45) is 5.92 Å². The highest BCUT2D eigenvalue weighted by atomic mass is 16.4. The minimum Gasteiger partial charge on any atom is -0.481 e. The Bertz CT molecular complexity index is 594. The lowest BCUT2D eigenvalue weighted by atomic mass is 10.1. The van der Waals surface area contributed by atoms with Crippen LogP contribution in [-0.4, -0.2) is 36.3 Å². The van der Waals surface area contributed by atoms with Crippen molar-refractivity contribution in [3.05, 3.63) is 35.9 Å². The normalized spacial score (nSPS) is 16.0. The van der Waals surface area contributed by atoms with Gasteiger partial charge in [0.05, 0.1) is 12.5 Å². The van der Waals surface area contributed by atoms with Crippen LogP contribution in [0.25, 0.3) is 0 Å². The van der Waals surface area contributed by atoms with Gasteiger partial charge in [-0.05, 0) is 40.8 Å². The first kappa shape index (κ1) is 12.7. The standard InChI is InChI=1S/C13H15N5O2/c19-13(20)7-11(10-3-4-10)18-12(15-16-17-18)6-9-2-1-5-14-8-9/h1-2,5,8,10-11H,3-4,6-7H2,(H,19,20). The summed E-state index contributed by atoms with van der Waals surface area (Å²) in [6.45, 7) is 0. The monoisotopic (exact) mass is 273 g/mol. The number of nitrogens with zero attached hydrogens (tertiary/aromatic N) is 5. The van der Waals surface area contributed by atoms with Crippen molar-refractivity contribution in [1.82, 2.24) is 25.2 Å². The highest BCUT2D eigenvalue weighted by Gasteiger charge is 2.36. The second-order valence-electron chi connectivity index (χ2n) is 5.08. The van der Waals surface area contributed by atoms with Gasteiger partial charge in [-0.15, -0.1) is 5.10 Å². The van der Waals surface area contributed by atoms with E-state index in [1.165, 1.54) is 0 Å². The Morgan fingerprint density at radius 1 is 1.50 bits per heavy atom. The Balaban J connectivity index is 1.83. The van der Waals surface area contributed by atoms with Gasteiger partial charge in [0.15, 0.2) is 5.82 Å². The maximum atomic E-state index is 11.0. The number of hydrogen-bond donors (Lipinski definition) is 1. The van der Waals surface area contributed by atoms with E-state index in [0.717, 1.165) is 18.4 Å². The average molecular weight is 273 g/mol. The van der Waals surface area contributed by atoms with E-state index >= 15 is 0 Å². The Morgan fingerprint density at radius 3 is 3.00 bits per heavy atom. The van der Waals surface area contributed by atoms with Crippen molar-refractivity contribution in [3.63, 3.8) is 0 Å². The molecule has 0 spiro atoms. The van der Waals surface area contributed by atoms with Crippen molar-refractivity contribution in [2.75, 3.05) is 0 Å². The van der Waals surface area contributed by atoms with Gasteiger partial charge in [-0.2, -0.15) is 0 Å². The second-order valence-corrected chi connectivity index (χ2v) is 5.08. The van der Waals surface area contributed by atoms with Crippen molar-refractivity contribution in [1.29, 1.82) is 0 Å². The Kier molecular flexibility index (Phi) is 3.41. The summed E-state index contributed by atoms with van der Waals surface area (Å²) in [6, 6.07) is 3.67. The summed E-state index contributed by atoms with van der Waals surface area (Å²) in [5.74, 6) is 0.253.